The molecule has 2 atom stereocenters. The van der Waals surface area contributed by atoms with Gasteiger partial charge in [0.25, 0.3) is 0 Å². The molecular weight excluding hydrogens is 276 g/mol. The van der Waals surface area contributed by atoms with Gasteiger partial charge in [0.05, 0.1) is 6.61 Å². The molecule has 1 heterocycles. The van der Waals surface area contributed by atoms with Gasteiger partial charge in [-0.3, -0.25) is 0 Å². The van der Waals surface area contributed by atoms with E-state index in [-0.39, 0.29) is 0 Å². The fraction of sp³-hybridized carbons (Fsp3) is 0.600. The van der Waals surface area contributed by atoms with Gasteiger partial charge < -0.3 is 4.74 Å². The van der Waals surface area contributed by atoms with E-state index in [0.717, 1.165) is 18.3 Å². The Balaban J connectivity index is 1.82. The first kappa shape index (κ1) is 12.9. The molecule has 0 amide bonds. The molecule has 17 heavy (non-hydrogen) atoms. The second-order valence-electron chi connectivity index (χ2n) is 5.24. The molecule has 1 aromatic carbocycles. The Morgan fingerprint density at radius 3 is 2.88 bits per heavy atom. The van der Waals surface area contributed by atoms with Gasteiger partial charge in [0.15, 0.2) is 0 Å². The molecule has 0 bridgehead atoms. The lowest BCUT2D eigenvalue weighted by atomic mass is 9.94. The molecule has 0 fully saturated rings. The van der Waals surface area contributed by atoms with Crippen LogP contribution in [0.3, 0.4) is 0 Å². The summed E-state index contributed by atoms with van der Waals surface area (Å²) in [4.78, 5) is 0.653. The van der Waals surface area contributed by atoms with Crippen molar-refractivity contribution in [3.63, 3.8) is 0 Å². The van der Waals surface area contributed by atoms with Crippen LogP contribution in [-0.2, 0) is 0 Å². The molecule has 0 saturated heterocycles. The van der Waals surface area contributed by atoms with Crippen LogP contribution in [-0.4, -0.2) is 11.4 Å². The summed E-state index contributed by atoms with van der Waals surface area (Å²) in [6.45, 7) is 5.41. The molecule has 1 aliphatic rings. The average Bonchev–Trinajstić information content (AvgIpc) is 2.72. The third-order valence-electron chi connectivity index (χ3n) is 3.55. The molecular formula is C15H21BrO. The van der Waals surface area contributed by atoms with Gasteiger partial charge in [-0.05, 0) is 24.8 Å². The Morgan fingerprint density at radius 1 is 1.35 bits per heavy atom. The third kappa shape index (κ3) is 3.25. The molecule has 0 saturated carbocycles. The summed E-state index contributed by atoms with van der Waals surface area (Å²) >= 11 is 3.75. The minimum Gasteiger partial charge on any atom is -0.493 e. The van der Waals surface area contributed by atoms with E-state index in [1.165, 1.54) is 24.8 Å². The van der Waals surface area contributed by atoms with Crippen LogP contribution in [0, 0.1) is 5.92 Å². The van der Waals surface area contributed by atoms with Crippen molar-refractivity contribution in [2.75, 3.05) is 6.61 Å². The fourth-order valence-electron chi connectivity index (χ4n) is 2.36. The Hall–Kier alpha value is -0.500. The van der Waals surface area contributed by atoms with E-state index in [2.05, 4.69) is 54.0 Å². The Labute approximate surface area is 113 Å². The highest BCUT2D eigenvalue weighted by molar-refractivity contribution is 9.09. The van der Waals surface area contributed by atoms with Gasteiger partial charge in [-0.15, -0.1) is 0 Å². The van der Waals surface area contributed by atoms with Crippen LogP contribution in [0.25, 0.3) is 0 Å². The normalized spacial score (nSPS) is 20.1. The van der Waals surface area contributed by atoms with Crippen molar-refractivity contribution in [1.82, 2.24) is 0 Å². The van der Waals surface area contributed by atoms with Gasteiger partial charge in [-0.1, -0.05) is 54.4 Å². The molecule has 1 aliphatic heterocycles. The molecule has 0 aliphatic carbocycles. The van der Waals surface area contributed by atoms with Crippen molar-refractivity contribution >= 4 is 15.9 Å². The lowest BCUT2D eigenvalue weighted by molar-refractivity contribution is 0.321. The second-order valence-corrected chi connectivity index (χ2v) is 6.41. The number of alkyl halides is 1. The topological polar surface area (TPSA) is 9.23 Å². The van der Waals surface area contributed by atoms with Crippen LogP contribution in [0.2, 0.25) is 0 Å². The van der Waals surface area contributed by atoms with Crippen LogP contribution in [0.4, 0.5) is 0 Å². The van der Waals surface area contributed by atoms with E-state index in [0.29, 0.717) is 10.7 Å². The number of ether oxygens (including phenoxy) is 1. The molecule has 1 nitrogen and oxygen atoms in total. The predicted octanol–water partition coefficient (Wildman–Crippen LogP) is 4.75. The Morgan fingerprint density at radius 2 is 2.12 bits per heavy atom. The molecule has 2 rings (SSSR count). The highest BCUT2D eigenvalue weighted by Gasteiger charge is 2.23. The summed E-state index contributed by atoms with van der Waals surface area (Å²) in [5.74, 6) is 2.43. The van der Waals surface area contributed by atoms with Crippen LogP contribution < -0.4 is 4.74 Å². The van der Waals surface area contributed by atoms with Crippen molar-refractivity contribution in [1.29, 1.82) is 0 Å². The first-order valence-electron chi connectivity index (χ1n) is 6.54. The van der Waals surface area contributed by atoms with Crippen molar-refractivity contribution in [3.05, 3.63) is 29.8 Å². The zero-order valence-electron chi connectivity index (χ0n) is 10.7. The lowest BCUT2D eigenvalue weighted by Gasteiger charge is -2.14. The summed E-state index contributed by atoms with van der Waals surface area (Å²) in [5, 5.41) is 0. The number of rotatable bonds is 5. The maximum Gasteiger partial charge on any atom is 0.122 e. The minimum absolute atomic E-state index is 0.609. The van der Waals surface area contributed by atoms with Crippen LogP contribution >= 0.6 is 15.9 Å². The fourth-order valence-corrected chi connectivity index (χ4v) is 2.68. The van der Waals surface area contributed by atoms with Gasteiger partial charge >= 0.3 is 0 Å². The molecule has 0 aromatic heterocycles. The summed E-state index contributed by atoms with van der Waals surface area (Å²) in [5.41, 5.74) is 1.41. The molecule has 2 heteroatoms. The average molecular weight is 297 g/mol. The van der Waals surface area contributed by atoms with Crippen molar-refractivity contribution < 1.29 is 4.74 Å². The summed E-state index contributed by atoms with van der Waals surface area (Å²) in [6, 6.07) is 8.45. The summed E-state index contributed by atoms with van der Waals surface area (Å²) < 4.78 is 5.70. The Kier molecular flexibility index (Phi) is 4.49. The zero-order valence-corrected chi connectivity index (χ0v) is 12.2. The van der Waals surface area contributed by atoms with Gasteiger partial charge in [-0.2, -0.15) is 0 Å². The van der Waals surface area contributed by atoms with E-state index in [4.69, 9.17) is 4.74 Å². The number of para-hydroxylation sites is 1. The molecule has 2 unspecified atom stereocenters. The molecule has 0 radical (unpaired) electrons. The molecule has 0 spiro atoms. The van der Waals surface area contributed by atoms with Gasteiger partial charge in [0, 0.05) is 16.3 Å². The molecule has 0 N–H and O–H groups in total. The van der Waals surface area contributed by atoms with E-state index < -0.39 is 0 Å². The quantitative estimate of drug-likeness (QED) is 0.712. The number of benzene rings is 1. The van der Waals surface area contributed by atoms with Gasteiger partial charge in [0.1, 0.15) is 5.75 Å². The second kappa shape index (κ2) is 5.90. The highest BCUT2D eigenvalue weighted by Crippen LogP contribution is 2.36. The number of halogens is 1. The van der Waals surface area contributed by atoms with E-state index in [1.807, 2.05) is 0 Å². The monoisotopic (exact) mass is 296 g/mol. The summed E-state index contributed by atoms with van der Waals surface area (Å²) in [7, 11) is 0. The summed E-state index contributed by atoms with van der Waals surface area (Å²) in [6.07, 6.45) is 3.78. The Bertz CT molecular complexity index is 362. The van der Waals surface area contributed by atoms with Crippen LogP contribution in [0.15, 0.2) is 24.3 Å². The van der Waals surface area contributed by atoms with Crippen molar-refractivity contribution in [2.24, 2.45) is 5.92 Å². The van der Waals surface area contributed by atoms with E-state index in [1.54, 1.807) is 0 Å². The molecule has 94 valence electrons. The number of hydrogen-bond acceptors (Lipinski definition) is 1. The maximum absolute atomic E-state index is 5.70. The van der Waals surface area contributed by atoms with E-state index in [9.17, 15) is 0 Å². The predicted molar refractivity (Wildman–Crippen MR) is 76.1 cm³/mol. The zero-order chi connectivity index (χ0) is 12.3. The first-order valence-corrected chi connectivity index (χ1v) is 7.46. The maximum atomic E-state index is 5.70. The number of hydrogen-bond donors (Lipinski definition) is 0. The number of fused-ring (bicyclic) bond motifs is 1. The van der Waals surface area contributed by atoms with Gasteiger partial charge in [0.2, 0.25) is 0 Å². The third-order valence-corrected chi connectivity index (χ3v) is 5.07. The van der Waals surface area contributed by atoms with Crippen LogP contribution in [0.1, 0.15) is 44.6 Å². The minimum atomic E-state index is 0.609. The lowest BCUT2D eigenvalue weighted by Crippen LogP contribution is -2.08. The van der Waals surface area contributed by atoms with Crippen molar-refractivity contribution in [3.8, 4) is 5.75 Å². The SMILES string of the molecule is CC(C)C(Br)CCCC1COc2ccccc21. The van der Waals surface area contributed by atoms with Crippen LogP contribution in [0.5, 0.6) is 5.75 Å². The van der Waals surface area contributed by atoms with Crippen molar-refractivity contribution in [2.45, 2.75) is 43.9 Å². The van der Waals surface area contributed by atoms with E-state index >= 15 is 0 Å². The first-order chi connectivity index (χ1) is 8.18. The molecule has 1 aromatic rings. The largest absolute Gasteiger partial charge is 0.493 e. The highest BCUT2D eigenvalue weighted by atomic mass is 79.9. The smallest absolute Gasteiger partial charge is 0.122 e. The standard InChI is InChI=1S/C15H21BrO/c1-11(2)14(16)8-5-6-12-10-17-15-9-4-3-7-13(12)15/h3-4,7,9,11-12,14H,5-6,8,10H2,1-2H3. The van der Waals surface area contributed by atoms with Gasteiger partial charge in [-0.25, -0.2) is 0 Å².